The molecule has 0 fully saturated rings. The van der Waals surface area contributed by atoms with Crippen LogP contribution in [-0.2, 0) is 10.1 Å². The molecule has 0 aliphatic rings. The Morgan fingerprint density at radius 2 is 1.71 bits per heavy atom. The molecule has 0 amide bonds. The van der Waals surface area contributed by atoms with Gasteiger partial charge < -0.3 is 8.92 Å². The first kappa shape index (κ1) is 20.1. The molecule has 3 aromatic rings. The maximum Gasteiger partial charge on any atom is 0.339 e. The van der Waals surface area contributed by atoms with Crippen LogP contribution >= 0.6 is 15.9 Å². The van der Waals surface area contributed by atoms with E-state index in [9.17, 15) is 8.42 Å². The van der Waals surface area contributed by atoms with Gasteiger partial charge in [-0.2, -0.15) is 8.42 Å². The van der Waals surface area contributed by atoms with E-state index in [1.807, 2.05) is 31.2 Å². The van der Waals surface area contributed by atoms with Gasteiger partial charge in [0.1, 0.15) is 10.6 Å². The third kappa shape index (κ3) is 5.21. The zero-order chi connectivity index (χ0) is 20.0. The van der Waals surface area contributed by atoms with E-state index in [4.69, 9.17) is 8.92 Å². The highest BCUT2D eigenvalue weighted by Gasteiger charge is 2.18. The molecule has 0 saturated carbocycles. The van der Waals surface area contributed by atoms with Gasteiger partial charge in [0, 0.05) is 16.3 Å². The van der Waals surface area contributed by atoms with Crippen LogP contribution in [0.5, 0.6) is 11.5 Å². The van der Waals surface area contributed by atoms with Gasteiger partial charge in [-0.05, 0) is 61.5 Å². The van der Waals surface area contributed by atoms with Crippen molar-refractivity contribution in [2.75, 3.05) is 6.61 Å². The van der Waals surface area contributed by atoms with E-state index in [0.29, 0.717) is 17.9 Å². The molecule has 7 heteroatoms. The second kappa shape index (κ2) is 9.03. The minimum Gasteiger partial charge on any atom is -0.494 e. The normalized spacial score (nSPS) is 11.5. The Bertz CT molecular complexity index is 1070. The highest BCUT2D eigenvalue weighted by atomic mass is 79.9. The van der Waals surface area contributed by atoms with Gasteiger partial charge in [-0.15, -0.1) is 0 Å². The molecule has 0 heterocycles. The molecule has 3 aromatic carbocycles. The molecule has 0 aliphatic heterocycles. The summed E-state index contributed by atoms with van der Waals surface area (Å²) >= 11 is 3.39. The van der Waals surface area contributed by atoms with Crippen LogP contribution < -0.4 is 8.92 Å². The summed E-state index contributed by atoms with van der Waals surface area (Å²) in [5, 5.41) is 0. The fraction of sp³-hybridized carbons (Fsp3) is 0.0952. The highest BCUT2D eigenvalue weighted by molar-refractivity contribution is 9.10. The zero-order valence-corrected chi connectivity index (χ0v) is 17.5. The van der Waals surface area contributed by atoms with E-state index in [1.165, 1.54) is 12.1 Å². The minimum atomic E-state index is -3.94. The molecule has 3 rings (SSSR count). The summed E-state index contributed by atoms with van der Waals surface area (Å²) in [6.07, 6.45) is 1.57. The Morgan fingerprint density at radius 1 is 1.00 bits per heavy atom. The lowest BCUT2D eigenvalue weighted by molar-refractivity contribution is 0.340. The van der Waals surface area contributed by atoms with Gasteiger partial charge >= 0.3 is 10.1 Å². The van der Waals surface area contributed by atoms with Gasteiger partial charge in [0.25, 0.3) is 0 Å². The summed E-state index contributed by atoms with van der Waals surface area (Å²) in [7, 11) is -3.94. The Hall–Kier alpha value is -2.64. The Kier molecular flexibility index (Phi) is 6.49. The van der Waals surface area contributed by atoms with Crippen LogP contribution in [0.25, 0.3) is 0 Å². The summed E-state index contributed by atoms with van der Waals surface area (Å²) in [6.45, 7) is 2.52. The predicted molar refractivity (Wildman–Crippen MR) is 113 cm³/mol. The number of ether oxygens (including phenoxy) is 1. The number of rotatable bonds is 7. The number of hydrogen-bond donors (Lipinski definition) is 0. The molecule has 0 N–H and O–H groups in total. The number of hydrogen-bond acceptors (Lipinski definition) is 5. The van der Waals surface area contributed by atoms with Crippen LogP contribution in [0, 0.1) is 0 Å². The molecule has 0 saturated heterocycles. The smallest absolute Gasteiger partial charge is 0.339 e. The molecule has 144 valence electrons. The van der Waals surface area contributed by atoms with Crippen molar-refractivity contribution in [3.05, 3.63) is 82.8 Å². The van der Waals surface area contributed by atoms with E-state index >= 15 is 0 Å². The van der Waals surface area contributed by atoms with E-state index in [2.05, 4.69) is 20.9 Å². The SMILES string of the molecule is CCOc1ccc(N=Cc2cc(Br)ccc2OS(=O)(=O)c2ccccc2)cc1. The molecular weight excluding hydrogens is 442 g/mol. The predicted octanol–water partition coefficient (Wildman–Crippen LogP) is 5.37. The van der Waals surface area contributed by atoms with Crippen molar-refractivity contribution in [1.29, 1.82) is 0 Å². The van der Waals surface area contributed by atoms with Gasteiger partial charge in [-0.3, -0.25) is 4.99 Å². The molecule has 0 spiro atoms. The first-order chi connectivity index (χ1) is 13.5. The summed E-state index contributed by atoms with van der Waals surface area (Å²) in [5.41, 5.74) is 1.24. The molecule has 0 unspecified atom stereocenters. The first-order valence-electron chi connectivity index (χ1n) is 8.54. The lowest BCUT2D eigenvalue weighted by Gasteiger charge is -2.10. The third-order valence-electron chi connectivity index (χ3n) is 3.70. The fourth-order valence-electron chi connectivity index (χ4n) is 2.39. The average Bonchev–Trinajstić information content (AvgIpc) is 2.70. The van der Waals surface area contributed by atoms with Crippen LogP contribution in [0.1, 0.15) is 12.5 Å². The highest BCUT2D eigenvalue weighted by Crippen LogP contribution is 2.26. The Labute approximate surface area is 172 Å². The molecule has 0 radical (unpaired) electrons. The van der Waals surface area contributed by atoms with Crippen molar-refractivity contribution in [1.82, 2.24) is 0 Å². The number of nitrogens with zero attached hydrogens (tertiary/aromatic N) is 1. The van der Waals surface area contributed by atoms with E-state index in [0.717, 1.165) is 10.2 Å². The molecule has 0 bridgehead atoms. The topological polar surface area (TPSA) is 65.0 Å². The standard InChI is InChI=1S/C21H18BrNO4S/c1-2-26-19-11-9-18(10-12-19)23-15-16-14-17(22)8-13-21(16)27-28(24,25)20-6-4-3-5-7-20/h3-15H,2H2,1H3. The van der Waals surface area contributed by atoms with Crippen molar-refractivity contribution in [2.45, 2.75) is 11.8 Å². The molecule has 0 atom stereocenters. The second-order valence-electron chi connectivity index (χ2n) is 5.72. The molecule has 5 nitrogen and oxygen atoms in total. The fourth-order valence-corrected chi connectivity index (χ4v) is 3.74. The van der Waals surface area contributed by atoms with Crippen molar-refractivity contribution < 1.29 is 17.3 Å². The monoisotopic (exact) mass is 459 g/mol. The van der Waals surface area contributed by atoms with Crippen LogP contribution in [0.15, 0.2) is 87.2 Å². The lowest BCUT2D eigenvalue weighted by Crippen LogP contribution is -2.10. The maximum atomic E-state index is 12.5. The summed E-state index contributed by atoms with van der Waals surface area (Å²) in [6, 6.07) is 20.3. The molecule has 28 heavy (non-hydrogen) atoms. The zero-order valence-electron chi connectivity index (χ0n) is 15.1. The van der Waals surface area contributed by atoms with Gasteiger partial charge in [0.15, 0.2) is 5.75 Å². The maximum absolute atomic E-state index is 12.5. The van der Waals surface area contributed by atoms with E-state index < -0.39 is 10.1 Å². The third-order valence-corrected chi connectivity index (χ3v) is 5.45. The van der Waals surface area contributed by atoms with Crippen molar-refractivity contribution in [3.8, 4) is 11.5 Å². The van der Waals surface area contributed by atoms with Crippen molar-refractivity contribution >= 4 is 38.0 Å². The van der Waals surface area contributed by atoms with Gasteiger partial charge in [0.2, 0.25) is 0 Å². The lowest BCUT2D eigenvalue weighted by atomic mass is 10.2. The molecule has 0 aliphatic carbocycles. The Balaban J connectivity index is 1.86. The number of benzene rings is 3. The first-order valence-corrected chi connectivity index (χ1v) is 10.7. The van der Waals surface area contributed by atoms with Crippen LogP contribution in [-0.4, -0.2) is 21.2 Å². The van der Waals surface area contributed by atoms with Crippen LogP contribution in [0.3, 0.4) is 0 Å². The van der Waals surface area contributed by atoms with Gasteiger partial charge in [-0.25, -0.2) is 0 Å². The Morgan fingerprint density at radius 3 is 2.39 bits per heavy atom. The van der Waals surface area contributed by atoms with Crippen molar-refractivity contribution in [3.63, 3.8) is 0 Å². The summed E-state index contributed by atoms with van der Waals surface area (Å²) < 4.78 is 36.6. The van der Waals surface area contributed by atoms with Crippen LogP contribution in [0.4, 0.5) is 5.69 Å². The molecule has 0 aromatic heterocycles. The summed E-state index contributed by atoms with van der Waals surface area (Å²) in [5.74, 6) is 0.962. The average molecular weight is 460 g/mol. The number of aliphatic imine (C=N–C) groups is 1. The molecular formula is C21H18BrNO4S. The van der Waals surface area contributed by atoms with Gasteiger partial charge in [0.05, 0.1) is 12.3 Å². The number of halogens is 1. The van der Waals surface area contributed by atoms with Crippen LogP contribution in [0.2, 0.25) is 0 Å². The summed E-state index contributed by atoms with van der Waals surface area (Å²) in [4.78, 5) is 4.50. The second-order valence-corrected chi connectivity index (χ2v) is 8.18. The van der Waals surface area contributed by atoms with Gasteiger partial charge in [-0.1, -0.05) is 34.1 Å². The van der Waals surface area contributed by atoms with Crippen molar-refractivity contribution in [2.24, 2.45) is 4.99 Å². The largest absolute Gasteiger partial charge is 0.494 e. The quantitative estimate of drug-likeness (QED) is 0.352. The van der Waals surface area contributed by atoms with E-state index in [-0.39, 0.29) is 10.6 Å². The minimum absolute atomic E-state index is 0.0901. The van der Waals surface area contributed by atoms with E-state index in [1.54, 1.807) is 42.6 Å².